The minimum absolute atomic E-state index is 0.200. The van der Waals surface area contributed by atoms with Crippen LogP contribution in [-0.2, 0) is 0 Å². The first-order chi connectivity index (χ1) is 12.6. The van der Waals surface area contributed by atoms with E-state index in [0.29, 0.717) is 27.1 Å². The van der Waals surface area contributed by atoms with E-state index in [9.17, 15) is 9.59 Å². The summed E-state index contributed by atoms with van der Waals surface area (Å²) in [5, 5.41) is 6.00. The summed E-state index contributed by atoms with van der Waals surface area (Å²) in [7, 11) is 3.06. The Labute approximate surface area is 153 Å². The van der Waals surface area contributed by atoms with Gasteiger partial charge in [-0.05, 0) is 36.4 Å². The van der Waals surface area contributed by atoms with E-state index in [1.54, 1.807) is 49.6 Å². The number of methoxy groups -OCH3 is 2. The molecule has 2 amide bonds. The second kappa shape index (κ2) is 7.75. The molecule has 3 rings (SSSR count). The van der Waals surface area contributed by atoms with Gasteiger partial charge in [-0.3, -0.25) is 9.59 Å². The minimum Gasteiger partial charge on any atom is -0.497 e. The van der Waals surface area contributed by atoms with E-state index in [2.05, 4.69) is 10.6 Å². The van der Waals surface area contributed by atoms with Crippen LogP contribution in [0.5, 0.6) is 11.5 Å². The Morgan fingerprint density at radius 1 is 1.00 bits per heavy atom. The van der Waals surface area contributed by atoms with Crippen molar-refractivity contribution in [1.82, 2.24) is 0 Å². The summed E-state index contributed by atoms with van der Waals surface area (Å²) < 4.78 is 15.4. The van der Waals surface area contributed by atoms with E-state index in [1.165, 1.54) is 13.4 Å². The molecule has 7 nitrogen and oxygen atoms in total. The molecule has 0 aliphatic heterocycles. The number of carbonyl (C=O) groups is 2. The van der Waals surface area contributed by atoms with Crippen LogP contribution in [0.1, 0.15) is 20.2 Å². The van der Waals surface area contributed by atoms with Crippen LogP contribution >= 0.6 is 11.3 Å². The number of hydrogen-bond donors (Lipinski definition) is 2. The summed E-state index contributed by atoms with van der Waals surface area (Å²) in [6.45, 7) is 0. The van der Waals surface area contributed by atoms with Crippen molar-refractivity contribution in [1.29, 1.82) is 0 Å². The molecule has 8 heteroatoms. The molecule has 1 aromatic carbocycles. The summed E-state index contributed by atoms with van der Waals surface area (Å²) in [5.41, 5.74) is 0.492. The number of thiophene rings is 1. The number of furan rings is 1. The zero-order chi connectivity index (χ0) is 18.5. The van der Waals surface area contributed by atoms with Crippen molar-refractivity contribution in [2.24, 2.45) is 0 Å². The van der Waals surface area contributed by atoms with E-state index in [-0.39, 0.29) is 17.6 Å². The van der Waals surface area contributed by atoms with Gasteiger partial charge in [-0.25, -0.2) is 0 Å². The van der Waals surface area contributed by atoms with Gasteiger partial charge in [-0.15, -0.1) is 11.3 Å². The van der Waals surface area contributed by atoms with Gasteiger partial charge >= 0.3 is 0 Å². The highest BCUT2D eigenvalue weighted by atomic mass is 32.1. The number of nitrogens with one attached hydrogen (secondary N) is 2. The maximum Gasteiger partial charge on any atom is 0.291 e. The number of ether oxygens (including phenoxy) is 2. The van der Waals surface area contributed by atoms with Crippen molar-refractivity contribution in [3.05, 3.63) is 59.4 Å². The molecule has 0 spiro atoms. The van der Waals surface area contributed by atoms with Crippen LogP contribution in [0.2, 0.25) is 0 Å². The molecule has 2 N–H and O–H groups in total. The predicted molar refractivity (Wildman–Crippen MR) is 98.5 cm³/mol. The Balaban J connectivity index is 1.71. The molecule has 26 heavy (non-hydrogen) atoms. The number of carbonyl (C=O) groups excluding carboxylic acids is 2. The molecule has 3 aromatic rings. The molecule has 0 aliphatic rings. The average molecular weight is 372 g/mol. The Morgan fingerprint density at radius 2 is 1.85 bits per heavy atom. The molecule has 0 radical (unpaired) electrons. The van der Waals surface area contributed by atoms with Crippen LogP contribution in [-0.4, -0.2) is 26.0 Å². The predicted octanol–water partition coefficient (Wildman–Crippen LogP) is 3.86. The van der Waals surface area contributed by atoms with Gasteiger partial charge < -0.3 is 24.5 Å². The Morgan fingerprint density at radius 3 is 2.54 bits per heavy atom. The lowest BCUT2D eigenvalue weighted by molar-refractivity contribution is 0.0995. The zero-order valence-electron chi connectivity index (χ0n) is 14.1. The first-order valence-electron chi connectivity index (χ1n) is 7.59. The summed E-state index contributed by atoms with van der Waals surface area (Å²) in [4.78, 5) is 24.9. The van der Waals surface area contributed by atoms with Gasteiger partial charge in [0.15, 0.2) is 5.76 Å². The number of amides is 2. The maximum absolute atomic E-state index is 12.5. The Bertz CT molecular complexity index is 918. The van der Waals surface area contributed by atoms with Crippen molar-refractivity contribution in [3.63, 3.8) is 0 Å². The first kappa shape index (κ1) is 17.6. The highest BCUT2D eigenvalue weighted by Gasteiger charge is 2.15. The number of benzene rings is 1. The normalized spacial score (nSPS) is 10.2. The molecule has 0 fully saturated rings. The van der Waals surface area contributed by atoms with Gasteiger partial charge in [0.25, 0.3) is 11.8 Å². The van der Waals surface area contributed by atoms with Crippen molar-refractivity contribution in [2.75, 3.05) is 24.9 Å². The Hall–Kier alpha value is -3.26. The van der Waals surface area contributed by atoms with E-state index < -0.39 is 0 Å². The average Bonchev–Trinajstić information content (AvgIpc) is 3.33. The lowest BCUT2D eigenvalue weighted by atomic mass is 10.2. The van der Waals surface area contributed by atoms with Crippen molar-refractivity contribution in [3.8, 4) is 11.5 Å². The van der Waals surface area contributed by atoms with Crippen LogP contribution in [0, 0.1) is 0 Å². The van der Waals surface area contributed by atoms with Crippen LogP contribution in [0.25, 0.3) is 0 Å². The van der Waals surface area contributed by atoms with Gasteiger partial charge in [-0.2, -0.15) is 0 Å². The molecule has 0 atom stereocenters. The highest BCUT2D eigenvalue weighted by molar-refractivity contribution is 7.18. The molecule has 0 bridgehead atoms. The van der Waals surface area contributed by atoms with Gasteiger partial charge in [-0.1, -0.05) is 0 Å². The quantitative estimate of drug-likeness (QED) is 0.686. The molecule has 0 saturated heterocycles. The Kier molecular flexibility index (Phi) is 5.23. The summed E-state index contributed by atoms with van der Waals surface area (Å²) in [5.74, 6) is 0.615. The molecule has 2 heterocycles. The maximum atomic E-state index is 12.5. The molecule has 0 saturated carbocycles. The van der Waals surface area contributed by atoms with E-state index in [0.717, 1.165) is 11.3 Å². The second-order valence-electron chi connectivity index (χ2n) is 5.12. The molecule has 134 valence electrons. The highest BCUT2D eigenvalue weighted by Crippen LogP contribution is 2.30. The molecular formula is C18H16N2O5S. The zero-order valence-corrected chi connectivity index (χ0v) is 14.9. The monoisotopic (exact) mass is 372 g/mol. The minimum atomic E-state index is -0.377. The fraction of sp³-hybridized carbons (Fsp3) is 0.111. The fourth-order valence-corrected chi connectivity index (χ4v) is 3.00. The van der Waals surface area contributed by atoms with Crippen LogP contribution in [0.4, 0.5) is 10.7 Å². The SMILES string of the molecule is COc1ccc(OC)c(NC(=O)c2ccc(NC(=O)c3ccco3)s2)c1. The van der Waals surface area contributed by atoms with Crippen molar-refractivity contribution >= 4 is 33.8 Å². The summed E-state index contributed by atoms with van der Waals surface area (Å²) in [6.07, 6.45) is 1.42. The lowest BCUT2D eigenvalue weighted by Crippen LogP contribution is -2.11. The number of hydrogen-bond acceptors (Lipinski definition) is 6. The smallest absolute Gasteiger partial charge is 0.291 e. The van der Waals surface area contributed by atoms with Gasteiger partial charge in [0.2, 0.25) is 0 Å². The van der Waals surface area contributed by atoms with Crippen LogP contribution in [0.3, 0.4) is 0 Å². The number of rotatable bonds is 6. The van der Waals surface area contributed by atoms with E-state index in [1.807, 2.05) is 0 Å². The third kappa shape index (κ3) is 3.86. The second-order valence-corrected chi connectivity index (χ2v) is 6.20. The van der Waals surface area contributed by atoms with Gasteiger partial charge in [0, 0.05) is 6.07 Å². The van der Waals surface area contributed by atoms with Gasteiger partial charge in [0.05, 0.1) is 36.0 Å². The van der Waals surface area contributed by atoms with Crippen molar-refractivity contribution < 1.29 is 23.5 Å². The van der Waals surface area contributed by atoms with E-state index >= 15 is 0 Å². The summed E-state index contributed by atoms with van der Waals surface area (Å²) in [6, 6.07) is 11.6. The van der Waals surface area contributed by atoms with Crippen LogP contribution < -0.4 is 20.1 Å². The third-order valence-electron chi connectivity index (χ3n) is 3.47. The molecule has 0 aliphatic carbocycles. The summed E-state index contributed by atoms with van der Waals surface area (Å²) >= 11 is 1.15. The van der Waals surface area contributed by atoms with Crippen molar-refractivity contribution in [2.45, 2.75) is 0 Å². The first-order valence-corrected chi connectivity index (χ1v) is 8.40. The molecule has 2 aromatic heterocycles. The van der Waals surface area contributed by atoms with E-state index in [4.69, 9.17) is 13.9 Å². The topological polar surface area (TPSA) is 89.8 Å². The van der Waals surface area contributed by atoms with Gasteiger partial charge in [0.1, 0.15) is 11.5 Å². The third-order valence-corrected chi connectivity index (χ3v) is 4.47. The standard InChI is InChI=1S/C18H16N2O5S/c1-23-11-5-6-13(24-2)12(10-11)19-18(22)15-7-8-16(26-15)20-17(21)14-4-3-9-25-14/h3-10H,1-2H3,(H,19,22)(H,20,21). The molecule has 0 unspecified atom stereocenters. The van der Waals surface area contributed by atoms with Crippen LogP contribution in [0.15, 0.2) is 53.1 Å². The number of anilines is 2. The lowest BCUT2D eigenvalue weighted by Gasteiger charge is -2.11. The molecular weight excluding hydrogens is 356 g/mol. The largest absolute Gasteiger partial charge is 0.497 e. The fourth-order valence-electron chi connectivity index (χ4n) is 2.20.